The van der Waals surface area contributed by atoms with Gasteiger partial charge in [0.15, 0.2) is 0 Å². The van der Waals surface area contributed by atoms with Gasteiger partial charge in [-0.3, -0.25) is 0 Å². The van der Waals surface area contributed by atoms with E-state index in [1.807, 2.05) is 12.1 Å². The van der Waals surface area contributed by atoms with E-state index in [-0.39, 0.29) is 18.3 Å². The Morgan fingerprint density at radius 2 is 1.80 bits per heavy atom. The van der Waals surface area contributed by atoms with Crippen molar-refractivity contribution in [1.29, 1.82) is 0 Å². The molecule has 4 nitrogen and oxygen atoms in total. The maximum atomic E-state index is 6.13. The van der Waals surface area contributed by atoms with Crippen molar-refractivity contribution in [3.8, 4) is 0 Å². The lowest BCUT2D eigenvalue weighted by Crippen LogP contribution is -2.41. The summed E-state index contributed by atoms with van der Waals surface area (Å²) < 4.78 is 12.3. The molecule has 0 radical (unpaired) electrons. The lowest BCUT2D eigenvalue weighted by atomic mass is 9.77. The number of nitrogen functional groups attached to an aromatic ring is 1. The predicted molar refractivity (Wildman–Crippen MR) is 80.8 cm³/mol. The quantitative estimate of drug-likeness (QED) is 0.855. The molecule has 0 bridgehead atoms. The van der Waals surface area contributed by atoms with Crippen LogP contribution in [0.25, 0.3) is 0 Å². The van der Waals surface area contributed by atoms with Crippen LogP contribution in [0.2, 0.25) is 0 Å². The topological polar surface area (TPSA) is 57.4 Å². The zero-order valence-corrected chi connectivity index (χ0v) is 12.8. The first-order valence-corrected chi connectivity index (χ1v) is 7.39. The highest BCUT2D eigenvalue weighted by molar-refractivity contribution is 6.62. The summed E-state index contributed by atoms with van der Waals surface area (Å²) in [6.45, 7) is 8.27. The summed E-state index contributed by atoms with van der Waals surface area (Å²) in [6.07, 6.45) is 3.56. The molecule has 2 aliphatic rings. The molecule has 3 rings (SSSR count). The average Bonchev–Trinajstić information content (AvgIpc) is 3.07. The van der Waals surface area contributed by atoms with E-state index in [1.165, 1.54) is 12.8 Å². The van der Waals surface area contributed by atoms with Crippen LogP contribution in [0.15, 0.2) is 12.1 Å². The van der Waals surface area contributed by atoms with Gasteiger partial charge in [-0.05, 0) is 58.9 Å². The Labute approximate surface area is 121 Å². The van der Waals surface area contributed by atoms with Gasteiger partial charge < -0.3 is 15.0 Å². The first-order valence-electron chi connectivity index (χ1n) is 7.39. The first-order chi connectivity index (χ1) is 9.28. The Balaban J connectivity index is 1.90. The van der Waals surface area contributed by atoms with Gasteiger partial charge in [0.2, 0.25) is 0 Å². The van der Waals surface area contributed by atoms with Crippen molar-refractivity contribution in [2.75, 3.05) is 5.73 Å². The zero-order chi connectivity index (χ0) is 14.5. The molecule has 1 aliphatic carbocycles. The third-order valence-corrected chi connectivity index (χ3v) is 4.72. The van der Waals surface area contributed by atoms with Gasteiger partial charge in [0.05, 0.1) is 11.2 Å². The van der Waals surface area contributed by atoms with Crippen molar-refractivity contribution in [3.63, 3.8) is 0 Å². The van der Waals surface area contributed by atoms with Gasteiger partial charge in [-0.25, -0.2) is 4.98 Å². The maximum absolute atomic E-state index is 6.13. The highest BCUT2D eigenvalue weighted by Crippen LogP contribution is 2.37. The molecule has 2 fully saturated rings. The molecule has 0 aromatic carbocycles. The number of pyridine rings is 1. The molecular weight excluding hydrogens is 251 g/mol. The van der Waals surface area contributed by atoms with E-state index in [0.717, 1.165) is 23.5 Å². The SMILES string of the molecule is CC1(C)OB(c2ccc(N)nc2CC2CC2)OC1(C)C. The number of aromatic nitrogens is 1. The monoisotopic (exact) mass is 274 g/mol. The third kappa shape index (κ3) is 2.45. The van der Waals surface area contributed by atoms with Crippen LogP contribution in [0, 0.1) is 5.92 Å². The van der Waals surface area contributed by atoms with Gasteiger partial charge >= 0.3 is 7.12 Å². The molecular formula is C15H23BN2O2. The second kappa shape index (κ2) is 4.47. The van der Waals surface area contributed by atoms with E-state index in [9.17, 15) is 0 Å². The molecule has 1 aromatic rings. The van der Waals surface area contributed by atoms with Crippen LogP contribution in [0.1, 0.15) is 46.2 Å². The van der Waals surface area contributed by atoms with Crippen molar-refractivity contribution < 1.29 is 9.31 Å². The Hall–Kier alpha value is -1.07. The summed E-state index contributed by atoms with van der Waals surface area (Å²) in [5.41, 5.74) is 7.25. The molecule has 0 spiro atoms. The van der Waals surface area contributed by atoms with Gasteiger partial charge in [0.25, 0.3) is 0 Å². The second-order valence-corrected chi connectivity index (χ2v) is 7.01. The molecule has 1 aromatic heterocycles. The number of hydrogen-bond donors (Lipinski definition) is 1. The number of nitrogens with two attached hydrogens (primary N) is 1. The molecule has 0 atom stereocenters. The van der Waals surface area contributed by atoms with E-state index in [4.69, 9.17) is 15.0 Å². The van der Waals surface area contributed by atoms with Crippen molar-refractivity contribution in [1.82, 2.24) is 4.98 Å². The fourth-order valence-electron chi connectivity index (χ4n) is 2.47. The van der Waals surface area contributed by atoms with E-state index in [2.05, 4.69) is 32.7 Å². The van der Waals surface area contributed by atoms with Gasteiger partial charge in [-0.1, -0.05) is 6.07 Å². The van der Waals surface area contributed by atoms with Crippen LogP contribution in [-0.2, 0) is 15.7 Å². The van der Waals surface area contributed by atoms with E-state index in [1.54, 1.807) is 0 Å². The average molecular weight is 274 g/mol. The second-order valence-electron chi connectivity index (χ2n) is 7.01. The Bertz CT molecular complexity index is 511. The highest BCUT2D eigenvalue weighted by Gasteiger charge is 2.52. The van der Waals surface area contributed by atoms with Crippen LogP contribution < -0.4 is 11.2 Å². The van der Waals surface area contributed by atoms with Gasteiger partial charge in [-0.15, -0.1) is 0 Å². The van der Waals surface area contributed by atoms with Gasteiger partial charge in [-0.2, -0.15) is 0 Å². The number of nitrogens with zero attached hydrogens (tertiary/aromatic N) is 1. The summed E-state index contributed by atoms with van der Waals surface area (Å²) >= 11 is 0. The predicted octanol–water partition coefficient (Wildman–Crippen LogP) is 1.92. The van der Waals surface area contributed by atoms with Gasteiger partial charge in [0.1, 0.15) is 5.82 Å². The summed E-state index contributed by atoms with van der Waals surface area (Å²) in [5.74, 6) is 1.33. The van der Waals surface area contributed by atoms with Crippen LogP contribution in [0.3, 0.4) is 0 Å². The summed E-state index contributed by atoms with van der Waals surface area (Å²) in [7, 11) is -0.346. The minimum atomic E-state index is -0.346. The molecule has 2 heterocycles. The minimum Gasteiger partial charge on any atom is -0.399 e. The minimum absolute atomic E-state index is 0.324. The normalized spacial score (nSPS) is 24.1. The van der Waals surface area contributed by atoms with E-state index in [0.29, 0.717) is 5.82 Å². The Morgan fingerprint density at radius 3 is 2.35 bits per heavy atom. The Kier molecular flexibility index (Phi) is 3.10. The maximum Gasteiger partial charge on any atom is 0.496 e. The molecule has 108 valence electrons. The molecule has 0 amide bonds. The van der Waals surface area contributed by atoms with Crippen LogP contribution >= 0.6 is 0 Å². The highest BCUT2D eigenvalue weighted by atomic mass is 16.7. The van der Waals surface area contributed by atoms with E-state index < -0.39 is 0 Å². The molecule has 2 N–H and O–H groups in total. The molecule has 1 saturated heterocycles. The lowest BCUT2D eigenvalue weighted by molar-refractivity contribution is 0.00578. The van der Waals surface area contributed by atoms with Crippen LogP contribution in [-0.4, -0.2) is 23.3 Å². The summed E-state index contributed by atoms with van der Waals surface area (Å²) in [6, 6.07) is 3.83. The molecule has 5 heteroatoms. The van der Waals surface area contributed by atoms with Gasteiger partial charge in [0, 0.05) is 11.2 Å². The number of hydrogen-bond acceptors (Lipinski definition) is 4. The zero-order valence-electron chi connectivity index (χ0n) is 12.8. The van der Waals surface area contributed by atoms with E-state index >= 15 is 0 Å². The van der Waals surface area contributed by atoms with Crippen LogP contribution in [0.5, 0.6) is 0 Å². The number of anilines is 1. The van der Waals surface area contributed by atoms with Crippen molar-refractivity contribution >= 4 is 18.4 Å². The molecule has 20 heavy (non-hydrogen) atoms. The van der Waals surface area contributed by atoms with Crippen molar-refractivity contribution in [3.05, 3.63) is 17.8 Å². The molecule has 0 unspecified atom stereocenters. The molecule has 1 saturated carbocycles. The van der Waals surface area contributed by atoms with Crippen molar-refractivity contribution in [2.45, 2.75) is 58.2 Å². The fourth-order valence-corrected chi connectivity index (χ4v) is 2.47. The standard InChI is InChI=1S/C15H23BN2O2/c1-14(2)15(3,4)20-16(19-14)11-7-8-13(17)18-12(11)9-10-5-6-10/h7-8,10H,5-6,9H2,1-4H3,(H2,17,18). The largest absolute Gasteiger partial charge is 0.496 e. The lowest BCUT2D eigenvalue weighted by Gasteiger charge is -2.32. The summed E-state index contributed by atoms with van der Waals surface area (Å²) in [4.78, 5) is 4.51. The third-order valence-electron chi connectivity index (χ3n) is 4.72. The fraction of sp³-hybridized carbons (Fsp3) is 0.667. The van der Waals surface area contributed by atoms with Crippen LogP contribution in [0.4, 0.5) is 5.82 Å². The first kappa shape index (κ1) is 13.9. The number of rotatable bonds is 3. The summed E-state index contributed by atoms with van der Waals surface area (Å²) in [5, 5.41) is 0. The van der Waals surface area contributed by atoms with Crippen molar-refractivity contribution in [2.24, 2.45) is 5.92 Å². The smallest absolute Gasteiger partial charge is 0.399 e. The Morgan fingerprint density at radius 1 is 1.20 bits per heavy atom. The molecule has 1 aliphatic heterocycles.